The van der Waals surface area contributed by atoms with Crippen molar-refractivity contribution in [1.82, 2.24) is 9.97 Å². The van der Waals surface area contributed by atoms with E-state index < -0.39 is 5.97 Å². The molecular formula is C16H18N4O2. The van der Waals surface area contributed by atoms with Crippen LogP contribution in [0.25, 0.3) is 0 Å². The molecule has 3 heterocycles. The maximum atomic E-state index is 11.3. The lowest BCUT2D eigenvalue weighted by Crippen LogP contribution is -2.47. The molecule has 0 atom stereocenters. The lowest BCUT2D eigenvalue weighted by atomic mass is 10.2. The van der Waals surface area contributed by atoms with Crippen LogP contribution in [0.2, 0.25) is 0 Å². The summed E-state index contributed by atoms with van der Waals surface area (Å²) in [5, 5.41) is 9.27. The number of pyridine rings is 2. The number of hydrogen-bond donors (Lipinski definition) is 1. The number of piperazine rings is 1. The highest BCUT2D eigenvalue weighted by atomic mass is 16.4. The van der Waals surface area contributed by atoms with Crippen LogP contribution in [0.3, 0.4) is 0 Å². The Morgan fingerprint density at radius 3 is 2.50 bits per heavy atom. The zero-order chi connectivity index (χ0) is 15.5. The number of aryl methyl sites for hydroxylation is 1. The summed E-state index contributed by atoms with van der Waals surface area (Å²) in [6, 6.07) is 7.33. The summed E-state index contributed by atoms with van der Waals surface area (Å²) in [4.78, 5) is 24.1. The summed E-state index contributed by atoms with van der Waals surface area (Å²) in [6.07, 6.45) is 3.46. The predicted octanol–water partition coefficient (Wildman–Crippen LogP) is 1.81. The minimum Gasteiger partial charge on any atom is -0.478 e. The van der Waals surface area contributed by atoms with E-state index in [0.29, 0.717) is 5.82 Å². The molecule has 0 radical (unpaired) electrons. The second kappa shape index (κ2) is 6.01. The molecule has 0 unspecified atom stereocenters. The molecule has 1 aliphatic heterocycles. The van der Waals surface area contributed by atoms with Crippen LogP contribution < -0.4 is 9.80 Å². The zero-order valence-electron chi connectivity index (χ0n) is 12.4. The average molecular weight is 298 g/mol. The number of carbonyl (C=O) groups is 1. The summed E-state index contributed by atoms with van der Waals surface area (Å²) >= 11 is 0. The first-order chi connectivity index (χ1) is 10.6. The van der Waals surface area contributed by atoms with Crippen LogP contribution in [0.15, 0.2) is 36.7 Å². The van der Waals surface area contributed by atoms with Gasteiger partial charge in [0, 0.05) is 50.0 Å². The maximum Gasteiger partial charge on any atom is 0.339 e. The SMILES string of the molecule is Cc1cc(N2CCN(c3ncccc3C(=O)O)CC2)ccn1. The standard InChI is InChI=1S/C16H18N4O2/c1-12-11-13(4-6-17-12)19-7-9-20(10-8-19)15-14(16(21)22)3-2-5-18-15/h2-6,11H,7-10H2,1H3,(H,21,22). The molecule has 0 aliphatic carbocycles. The lowest BCUT2D eigenvalue weighted by Gasteiger charge is -2.37. The maximum absolute atomic E-state index is 11.3. The Morgan fingerprint density at radius 1 is 1.09 bits per heavy atom. The van der Waals surface area contributed by atoms with E-state index in [1.165, 1.54) is 0 Å². The van der Waals surface area contributed by atoms with Crippen molar-refractivity contribution < 1.29 is 9.90 Å². The van der Waals surface area contributed by atoms with Crippen molar-refractivity contribution in [3.05, 3.63) is 47.9 Å². The van der Waals surface area contributed by atoms with Crippen molar-refractivity contribution in [2.24, 2.45) is 0 Å². The number of carboxylic acids is 1. The van der Waals surface area contributed by atoms with Gasteiger partial charge in [0.2, 0.25) is 0 Å². The minimum absolute atomic E-state index is 0.260. The highest BCUT2D eigenvalue weighted by Gasteiger charge is 2.22. The Labute approximate surface area is 129 Å². The molecule has 1 N–H and O–H groups in total. The summed E-state index contributed by atoms with van der Waals surface area (Å²) < 4.78 is 0. The van der Waals surface area contributed by atoms with Crippen LogP contribution in [-0.4, -0.2) is 47.2 Å². The molecule has 0 aromatic carbocycles. The monoisotopic (exact) mass is 298 g/mol. The van der Waals surface area contributed by atoms with E-state index in [1.54, 1.807) is 18.3 Å². The number of rotatable bonds is 3. The summed E-state index contributed by atoms with van der Waals surface area (Å²) in [7, 11) is 0. The Balaban J connectivity index is 1.73. The number of hydrogen-bond acceptors (Lipinski definition) is 5. The van der Waals surface area contributed by atoms with E-state index in [4.69, 9.17) is 0 Å². The van der Waals surface area contributed by atoms with Crippen LogP contribution in [0, 0.1) is 6.92 Å². The Bertz CT molecular complexity index is 681. The first-order valence-electron chi connectivity index (χ1n) is 7.26. The van der Waals surface area contributed by atoms with Crippen molar-refractivity contribution in [2.45, 2.75) is 6.92 Å². The first-order valence-corrected chi connectivity index (χ1v) is 7.26. The highest BCUT2D eigenvalue weighted by Crippen LogP contribution is 2.22. The minimum atomic E-state index is -0.935. The van der Waals surface area contributed by atoms with E-state index in [0.717, 1.165) is 37.6 Å². The molecule has 6 heteroatoms. The van der Waals surface area contributed by atoms with Gasteiger partial charge in [0.25, 0.3) is 0 Å². The van der Waals surface area contributed by atoms with Crippen LogP contribution in [0.4, 0.5) is 11.5 Å². The lowest BCUT2D eigenvalue weighted by molar-refractivity contribution is 0.0697. The van der Waals surface area contributed by atoms with Crippen LogP contribution in [0.5, 0.6) is 0 Å². The molecule has 2 aromatic heterocycles. The molecule has 1 saturated heterocycles. The largest absolute Gasteiger partial charge is 0.478 e. The van der Waals surface area contributed by atoms with Gasteiger partial charge in [-0.2, -0.15) is 0 Å². The molecule has 22 heavy (non-hydrogen) atoms. The van der Waals surface area contributed by atoms with Gasteiger partial charge in [-0.15, -0.1) is 0 Å². The van der Waals surface area contributed by atoms with E-state index >= 15 is 0 Å². The molecule has 1 fully saturated rings. The van der Waals surface area contributed by atoms with E-state index in [9.17, 15) is 9.90 Å². The smallest absolute Gasteiger partial charge is 0.339 e. The topological polar surface area (TPSA) is 69.6 Å². The first kappa shape index (κ1) is 14.3. The van der Waals surface area contributed by atoms with E-state index in [1.807, 2.05) is 24.1 Å². The molecule has 114 valence electrons. The number of carboxylic acid groups (broad SMARTS) is 1. The molecule has 0 spiro atoms. The number of nitrogens with zero attached hydrogens (tertiary/aromatic N) is 4. The Hall–Kier alpha value is -2.63. The van der Waals surface area contributed by atoms with E-state index in [-0.39, 0.29) is 5.56 Å². The third-order valence-electron chi connectivity index (χ3n) is 3.84. The van der Waals surface area contributed by atoms with Gasteiger partial charge in [0.05, 0.1) is 0 Å². The van der Waals surface area contributed by atoms with Gasteiger partial charge in [0.1, 0.15) is 11.4 Å². The second-order valence-electron chi connectivity index (χ2n) is 5.31. The van der Waals surface area contributed by atoms with Gasteiger partial charge >= 0.3 is 5.97 Å². The van der Waals surface area contributed by atoms with E-state index in [2.05, 4.69) is 20.9 Å². The molecule has 3 rings (SSSR count). The Kier molecular flexibility index (Phi) is 3.91. The van der Waals surface area contributed by atoms with Gasteiger partial charge in [-0.1, -0.05) is 0 Å². The van der Waals surface area contributed by atoms with Gasteiger partial charge in [-0.3, -0.25) is 4.98 Å². The predicted molar refractivity (Wildman–Crippen MR) is 84.6 cm³/mol. The van der Waals surface area contributed by atoms with Crippen LogP contribution >= 0.6 is 0 Å². The van der Waals surface area contributed by atoms with Crippen molar-refractivity contribution in [2.75, 3.05) is 36.0 Å². The average Bonchev–Trinajstić information content (AvgIpc) is 2.55. The van der Waals surface area contributed by atoms with Crippen molar-refractivity contribution >= 4 is 17.5 Å². The molecule has 0 saturated carbocycles. The molecule has 2 aromatic rings. The fourth-order valence-corrected chi connectivity index (χ4v) is 2.72. The molecular weight excluding hydrogens is 280 g/mol. The third-order valence-corrected chi connectivity index (χ3v) is 3.84. The van der Waals surface area contributed by atoms with Crippen molar-refractivity contribution in [1.29, 1.82) is 0 Å². The quantitative estimate of drug-likeness (QED) is 0.932. The number of aromatic nitrogens is 2. The van der Waals surface area contributed by atoms with Crippen molar-refractivity contribution in [3.63, 3.8) is 0 Å². The number of aromatic carboxylic acids is 1. The number of anilines is 2. The summed E-state index contributed by atoms with van der Waals surface area (Å²) in [5.41, 5.74) is 2.42. The van der Waals surface area contributed by atoms with Crippen molar-refractivity contribution in [3.8, 4) is 0 Å². The van der Waals surface area contributed by atoms with Crippen LogP contribution in [0.1, 0.15) is 16.1 Å². The highest BCUT2D eigenvalue weighted by molar-refractivity contribution is 5.93. The van der Waals surface area contributed by atoms with Gasteiger partial charge in [-0.25, -0.2) is 9.78 Å². The fourth-order valence-electron chi connectivity index (χ4n) is 2.72. The molecule has 1 aliphatic rings. The molecule has 0 bridgehead atoms. The van der Waals surface area contributed by atoms with Gasteiger partial charge in [0.15, 0.2) is 0 Å². The Morgan fingerprint density at radius 2 is 1.82 bits per heavy atom. The van der Waals surface area contributed by atoms with Gasteiger partial charge in [-0.05, 0) is 31.2 Å². The fraction of sp³-hybridized carbons (Fsp3) is 0.312. The molecule has 6 nitrogen and oxygen atoms in total. The second-order valence-corrected chi connectivity index (χ2v) is 5.31. The van der Waals surface area contributed by atoms with Crippen LogP contribution in [-0.2, 0) is 0 Å². The normalized spacial score (nSPS) is 15.0. The van der Waals surface area contributed by atoms with Gasteiger partial charge < -0.3 is 14.9 Å². The summed E-state index contributed by atoms with van der Waals surface area (Å²) in [6.45, 7) is 5.14. The molecule has 0 amide bonds. The summed E-state index contributed by atoms with van der Waals surface area (Å²) in [5.74, 6) is -0.379. The zero-order valence-corrected chi connectivity index (χ0v) is 12.4. The third kappa shape index (κ3) is 2.86.